The number of anilines is 4. The van der Waals surface area contributed by atoms with E-state index in [9.17, 15) is 34.0 Å². The standard InChI is InChI=1S/C23H19N3O3.C23H21N3O2.C23H20N2O2.C17H15N3O2.C13H11NO.C8H9ClO/c1-29-18-13-11-16(12-14-18)15-26-20-10-6-5-9-19(20)21(17-7-3-2-4-8-17)24-22(25-28)23(26)27;1-28-18-13-11-16(12-14-18)15-26-20-10-6-5-9-19(20)21(25-22(24)23(26)27)17-7-3-2-4-8-17;1-27-19-13-11-17(12-14-19)16-25-21-10-6-5-9-20(21)23(24-15-22(25)26)18-7-3-2-4-8-18;1-11(21)18-16-17(22)19-14-10-6-5-9-13(14)15(20-16)12-7-3-2-4-8-12;14-12-9-5-4-8-11(12)13(15)10-6-2-1-3-7-10;1-10-8-4-2-7(6-9)3-5-8/h2-14,28H,15H2,1H3;2-14,22H,15,24H2,1H3;2-14H,15-16H2,1H3;2-10,16H,1H3,(H,18,21)(H,19,22);1-9H,14H2;2-5H,6H2,1H3/b25-22+;;;;;/t;22-;;16-;;/m.0.0../s1. The Hall–Kier alpha value is -16.5. The number of para-hydroxylation sites is 5. The zero-order chi connectivity index (χ0) is 92.0. The predicted octanol–water partition coefficient (Wildman–Crippen LogP) is 17.7. The van der Waals surface area contributed by atoms with Crippen LogP contribution in [0.25, 0.3) is 22.2 Å². The maximum Gasteiger partial charge on any atom is 0.299 e. The molecule has 0 spiro atoms. The van der Waals surface area contributed by atoms with E-state index in [4.69, 9.17) is 42.0 Å². The summed E-state index contributed by atoms with van der Waals surface area (Å²) >= 11 is 5.58. The van der Waals surface area contributed by atoms with E-state index < -0.39 is 17.9 Å². The number of alkyl halides is 1. The average molecular weight is 1760 g/mol. The second-order valence-corrected chi connectivity index (χ2v) is 30.0. The van der Waals surface area contributed by atoms with Gasteiger partial charge in [0, 0.05) is 73.9 Å². The number of hydrogen-bond acceptors (Lipinski definition) is 18. The summed E-state index contributed by atoms with van der Waals surface area (Å²) in [6.07, 6.45) is -1.90. The van der Waals surface area contributed by atoms with E-state index in [1.165, 1.54) is 6.92 Å². The highest BCUT2D eigenvalue weighted by molar-refractivity contribution is 6.22. The number of nitrogens with one attached hydrogen (secondary N) is 2. The first-order valence-electron chi connectivity index (χ1n) is 41.8. The fourth-order valence-corrected chi connectivity index (χ4v) is 14.7. The number of benzodiazepines with no additional fused rings is 3. The summed E-state index contributed by atoms with van der Waals surface area (Å²) < 4.78 is 22.2. The lowest BCUT2D eigenvalue weighted by Crippen LogP contribution is -2.41. The van der Waals surface area contributed by atoms with E-state index in [0.29, 0.717) is 64.9 Å². The molecular formula is C107H95ClN12O11. The topological polar surface area (TPSA) is 309 Å². The number of nitrogens with two attached hydrogens (primary N) is 2. The van der Waals surface area contributed by atoms with Crippen molar-refractivity contribution in [3.8, 4) is 34.3 Å². The number of halogens is 1. The third-order valence-electron chi connectivity index (χ3n) is 21.1. The molecule has 23 nitrogen and oxygen atoms in total. The van der Waals surface area contributed by atoms with E-state index in [1.54, 1.807) is 62.2 Å². The average Bonchev–Trinajstić information content (AvgIpc) is 1.67. The number of ether oxygens (including phenoxy) is 4. The number of nitrogens with zero attached hydrogens (tertiary/aromatic N) is 8. The maximum absolute atomic E-state index is 13.1. The zero-order valence-electron chi connectivity index (χ0n) is 72.5. The number of carbonyl (C=O) groups excluding carboxylic acids is 5. The van der Waals surface area contributed by atoms with Gasteiger partial charge in [0.1, 0.15) is 29.5 Å². The normalized spacial score (nSPS) is 13.5. The number of amides is 4. The fraction of sp³-hybridized carbons (Fsp3) is 0.112. The Labute approximate surface area is 763 Å². The molecule has 0 saturated heterocycles. The summed E-state index contributed by atoms with van der Waals surface area (Å²) in [5.41, 5.74) is 29.3. The summed E-state index contributed by atoms with van der Waals surface area (Å²) in [7, 11) is 6.53. The smallest absolute Gasteiger partial charge is 0.299 e. The van der Waals surface area contributed by atoms with Crippen LogP contribution < -0.4 is 61.9 Å². The van der Waals surface area contributed by atoms with Crippen LogP contribution in [0, 0.1) is 0 Å². The van der Waals surface area contributed by atoms with Gasteiger partial charge in [0.05, 0.1) is 93.5 Å². The number of fused-ring (bicyclic) bond motifs is 4. The minimum Gasteiger partial charge on any atom is -0.497 e. The van der Waals surface area contributed by atoms with Crippen molar-refractivity contribution in [1.82, 2.24) is 14.9 Å². The van der Waals surface area contributed by atoms with E-state index in [0.717, 1.165) is 112 Å². The molecule has 3 aliphatic rings. The number of hydrogen-bond donors (Lipinski definition) is 5. The van der Waals surface area contributed by atoms with Crippen molar-refractivity contribution in [2.45, 2.75) is 44.8 Å². The summed E-state index contributed by atoms with van der Waals surface area (Å²) in [5.74, 6) is 2.82. The van der Waals surface area contributed by atoms with Crippen molar-refractivity contribution in [3.05, 3.63) is 453 Å². The minimum absolute atomic E-state index is 0.0100. The Bertz CT molecular complexity index is 6680. The van der Waals surface area contributed by atoms with Crippen molar-refractivity contribution in [2.24, 2.45) is 25.9 Å². The van der Waals surface area contributed by atoms with Crippen molar-refractivity contribution >= 4 is 91.8 Å². The highest BCUT2D eigenvalue weighted by Gasteiger charge is 2.32. The van der Waals surface area contributed by atoms with E-state index in [1.807, 2.05) is 351 Å². The number of ketones is 1. The highest BCUT2D eigenvalue weighted by Crippen LogP contribution is 2.33. The Morgan fingerprint density at radius 2 is 0.878 bits per heavy atom. The molecule has 656 valence electrons. The van der Waals surface area contributed by atoms with E-state index in [2.05, 4.69) is 35.8 Å². The van der Waals surface area contributed by atoms with Gasteiger partial charge in [0.25, 0.3) is 22.9 Å². The molecule has 14 aromatic carbocycles. The summed E-state index contributed by atoms with van der Waals surface area (Å²) in [4.78, 5) is 96.3. The van der Waals surface area contributed by atoms with Crippen LogP contribution in [0.4, 0.5) is 22.7 Å². The van der Waals surface area contributed by atoms with Crippen LogP contribution >= 0.6 is 11.6 Å². The van der Waals surface area contributed by atoms with Crippen molar-refractivity contribution in [1.29, 1.82) is 0 Å². The largest absolute Gasteiger partial charge is 0.497 e. The second kappa shape index (κ2) is 45.6. The minimum atomic E-state index is -0.958. The molecule has 18 rings (SSSR count). The van der Waals surface area contributed by atoms with Gasteiger partial charge in [-0.25, -0.2) is 9.98 Å². The number of carbonyl (C=O) groups is 5. The van der Waals surface area contributed by atoms with Crippen LogP contribution in [-0.2, 0) is 44.7 Å². The van der Waals surface area contributed by atoms with Gasteiger partial charge in [0.2, 0.25) is 18.0 Å². The Morgan fingerprint density at radius 1 is 0.466 bits per heavy atom. The number of aliphatic imine (C=N–C) groups is 3. The molecule has 0 fully saturated rings. The third kappa shape index (κ3) is 23.8. The molecule has 0 radical (unpaired) electrons. The lowest BCUT2D eigenvalue weighted by Gasteiger charge is -2.24. The van der Waals surface area contributed by atoms with Gasteiger partial charge in [-0.15, -0.1) is 11.6 Å². The molecule has 0 aliphatic carbocycles. The Kier molecular flexibility index (Phi) is 32.1. The predicted molar refractivity (Wildman–Crippen MR) is 517 cm³/mol. The number of nitrogen functional groups attached to an aromatic ring is 1. The maximum atomic E-state index is 13.1. The summed E-state index contributed by atoms with van der Waals surface area (Å²) in [5, 5.41) is 18.9. The van der Waals surface area contributed by atoms with Crippen molar-refractivity contribution in [2.75, 3.05) is 55.8 Å². The number of benzene rings is 14. The van der Waals surface area contributed by atoms with E-state index >= 15 is 0 Å². The first-order valence-corrected chi connectivity index (χ1v) is 42.4. The monoisotopic (exact) mass is 1760 g/mol. The molecule has 131 heavy (non-hydrogen) atoms. The number of aromatic nitrogens is 2. The van der Waals surface area contributed by atoms with Crippen LogP contribution in [-0.4, -0.2) is 109 Å². The van der Waals surface area contributed by atoms with Gasteiger partial charge >= 0.3 is 0 Å². The Balaban J connectivity index is 0.000000137. The van der Waals surface area contributed by atoms with Gasteiger partial charge in [-0.1, -0.05) is 290 Å². The van der Waals surface area contributed by atoms with Crippen LogP contribution in [0.15, 0.2) is 395 Å². The first kappa shape index (κ1) is 92.2. The van der Waals surface area contributed by atoms with Gasteiger partial charge in [-0.3, -0.25) is 38.8 Å². The molecule has 3 aliphatic heterocycles. The van der Waals surface area contributed by atoms with Crippen LogP contribution in [0.2, 0.25) is 0 Å². The van der Waals surface area contributed by atoms with Gasteiger partial charge in [0.15, 0.2) is 11.9 Å². The summed E-state index contributed by atoms with van der Waals surface area (Å²) in [6, 6.07) is 117. The second-order valence-electron chi connectivity index (χ2n) is 29.7. The quantitative estimate of drug-likeness (QED) is 0.0175. The fourth-order valence-electron chi connectivity index (χ4n) is 14.5. The lowest BCUT2D eigenvalue weighted by molar-refractivity contribution is -0.125. The SMILES string of the molecule is CC(=O)N[C@H]1N=C(c2ccccc2)c2ccccc2NC1=O.COc1ccc(CCl)cc1.COc1ccc(CN2C(=O)CN=C(c3ccccc3)c3ccccc32)cc1.COc1ccc(CN2C(=O)[C@@H](N)N=C(c3ccccc3)c3ccccc32)cc1.COc1ccc(Cn2c(=O)/c(=N\O)nc(-c3ccccc3)c3ccccc32)cc1.Nc1ccccc1C(=O)c1ccccc1. The molecule has 7 N–H and O–H groups in total. The van der Waals surface area contributed by atoms with Crippen LogP contribution in [0.5, 0.6) is 23.0 Å². The van der Waals surface area contributed by atoms with Crippen molar-refractivity contribution in [3.63, 3.8) is 0 Å². The van der Waals surface area contributed by atoms with Gasteiger partial charge < -0.3 is 60.6 Å². The molecule has 1 aromatic heterocycles. The van der Waals surface area contributed by atoms with Crippen molar-refractivity contribution < 1.29 is 48.1 Å². The van der Waals surface area contributed by atoms with Gasteiger partial charge in [-0.2, -0.15) is 0 Å². The Morgan fingerprint density at radius 3 is 1.38 bits per heavy atom. The number of rotatable bonds is 18. The third-order valence-corrected chi connectivity index (χ3v) is 21.4. The molecule has 0 unspecified atom stereocenters. The number of methoxy groups -OCH3 is 4. The molecule has 0 bridgehead atoms. The zero-order valence-corrected chi connectivity index (χ0v) is 73.3. The molecular weight excluding hydrogens is 1660 g/mol. The highest BCUT2D eigenvalue weighted by atomic mass is 35.5. The lowest BCUT2D eigenvalue weighted by atomic mass is 10.00. The molecule has 0 saturated carbocycles. The molecule has 4 amide bonds. The van der Waals surface area contributed by atoms with Crippen LogP contribution in [0.3, 0.4) is 0 Å². The molecule has 15 aromatic rings. The van der Waals surface area contributed by atoms with Crippen LogP contribution in [0.1, 0.15) is 78.5 Å². The molecule has 4 heterocycles. The van der Waals surface area contributed by atoms with Gasteiger partial charge in [-0.05, 0) is 107 Å². The summed E-state index contributed by atoms with van der Waals surface area (Å²) in [6.45, 7) is 2.71. The molecule has 2 atom stereocenters. The van der Waals surface area contributed by atoms with E-state index in [-0.39, 0.29) is 41.4 Å². The molecule has 24 heteroatoms. The first-order chi connectivity index (χ1) is 63.9.